The Labute approximate surface area is 97.9 Å². The van der Waals surface area contributed by atoms with Crippen LogP contribution < -0.4 is 5.73 Å². The van der Waals surface area contributed by atoms with Gasteiger partial charge in [0.05, 0.1) is 12.3 Å². The zero-order valence-electron chi connectivity index (χ0n) is 10.5. The Balaban J connectivity index is 4.52. The quantitative estimate of drug-likeness (QED) is 0.720. The Kier molecular flexibility index (Phi) is 5.41. The number of hydrogen-bond acceptors (Lipinski definition) is 4. The van der Waals surface area contributed by atoms with Gasteiger partial charge in [0.25, 0.3) is 0 Å². The van der Waals surface area contributed by atoms with Gasteiger partial charge in [0, 0.05) is 17.8 Å². The fourth-order valence-electron chi connectivity index (χ4n) is 1.23. The van der Waals surface area contributed by atoms with E-state index in [2.05, 4.69) is 0 Å². The second-order valence-electron chi connectivity index (χ2n) is 4.80. The van der Waals surface area contributed by atoms with Crippen LogP contribution in [0, 0.1) is 0 Å². The maximum Gasteiger partial charge on any atom is 0.231 e. The lowest BCUT2D eigenvalue weighted by Gasteiger charge is -2.34. The molecule has 0 atom stereocenters. The third-order valence-corrected chi connectivity index (χ3v) is 4.09. The van der Waals surface area contributed by atoms with E-state index in [1.54, 1.807) is 11.8 Å². The summed E-state index contributed by atoms with van der Waals surface area (Å²) in [6.45, 7) is 7.81. The van der Waals surface area contributed by atoms with Crippen LogP contribution in [0.3, 0.4) is 0 Å². The highest BCUT2D eigenvalue weighted by molar-refractivity contribution is 7.91. The number of nitrogens with two attached hydrogens (primary N) is 1. The summed E-state index contributed by atoms with van der Waals surface area (Å²) in [6.07, 6.45) is 0. The topological polar surface area (TPSA) is 80.5 Å². The molecule has 0 aromatic rings. The summed E-state index contributed by atoms with van der Waals surface area (Å²) in [6, 6.07) is 0. The van der Waals surface area contributed by atoms with Crippen LogP contribution in [-0.4, -0.2) is 49.4 Å². The minimum atomic E-state index is -3.00. The number of hydrogen-bond donors (Lipinski definition) is 1. The number of carbonyl (C=O) groups excluding carboxylic acids is 1. The van der Waals surface area contributed by atoms with Gasteiger partial charge in [-0.25, -0.2) is 8.42 Å². The predicted molar refractivity (Wildman–Crippen MR) is 64.8 cm³/mol. The predicted octanol–water partition coefficient (Wildman–Crippen LogP) is 0.00690. The molecule has 96 valence electrons. The smallest absolute Gasteiger partial charge is 0.231 e. The molecule has 0 fully saturated rings. The van der Waals surface area contributed by atoms with Crippen LogP contribution in [0.4, 0.5) is 0 Å². The van der Waals surface area contributed by atoms with Gasteiger partial charge in [-0.2, -0.15) is 0 Å². The molecule has 0 unspecified atom stereocenters. The van der Waals surface area contributed by atoms with Crippen molar-refractivity contribution in [2.45, 2.75) is 33.2 Å². The first-order valence-corrected chi connectivity index (χ1v) is 7.14. The Morgan fingerprint density at radius 1 is 1.31 bits per heavy atom. The molecular weight excluding hydrogens is 228 g/mol. The summed E-state index contributed by atoms with van der Waals surface area (Å²) in [4.78, 5) is 12.7. The highest BCUT2D eigenvalue weighted by atomic mass is 32.2. The summed E-state index contributed by atoms with van der Waals surface area (Å²) < 4.78 is 22.7. The molecule has 0 aliphatic carbocycles. The Bertz CT molecular complexity index is 330. The Morgan fingerprint density at radius 2 is 1.81 bits per heavy atom. The number of carbonyl (C=O) groups is 1. The van der Waals surface area contributed by atoms with E-state index in [0.717, 1.165) is 0 Å². The molecular formula is C10H22N2O3S. The van der Waals surface area contributed by atoms with Gasteiger partial charge in [-0.05, 0) is 20.8 Å². The first kappa shape index (κ1) is 15.4. The summed E-state index contributed by atoms with van der Waals surface area (Å²) in [5.74, 6) is -0.251. The van der Waals surface area contributed by atoms with Gasteiger partial charge in [-0.15, -0.1) is 0 Å². The average Bonchev–Trinajstić information content (AvgIpc) is 2.10. The third kappa shape index (κ3) is 6.07. The van der Waals surface area contributed by atoms with E-state index in [9.17, 15) is 13.2 Å². The maximum absolute atomic E-state index is 11.4. The normalized spacial score (nSPS) is 13.1. The summed E-state index contributed by atoms with van der Waals surface area (Å²) in [5.41, 5.74) is 4.87. The van der Waals surface area contributed by atoms with E-state index in [1.807, 2.05) is 20.8 Å². The molecule has 0 aliphatic heterocycles. The SMILES string of the molecule is CCS(=O)(=O)CCN(CC(N)=O)C(C)(C)C. The molecule has 0 spiro atoms. The first-order valence-electron chi connectivity index (χ1n) is 5.32. The van der Waals surface area contributed by atoms with E-state index in [0.29, 0.717) is 6.54 Å². The van der Waals surface area contributed by atoms with Gasteiger partial charge in [0.1, 0.15) is 0 Å². The fourth-order valence-corrected chi connectivity index (χ4v) is 2.02. The molecule has 0 bridgehead atoms. The van der Waals surface area contributed by atoms with Crippen molar-refractivity contribution in [2.75, 3.05) is 24.6 Å². The molecule has 16 heavy (non-hydrogen) atoms. The zero-order valence-corrected chi connectivity index (χ0v) is 11.3. The molecule has 5 nitrogen and oxygen atoms in total. The van der Waals surface area contributed by atoms with E-state index >= 15 is 0 Å². The number of rotatable bonds is 6. The molecule has 0 aromatic carbocycles. The van der Waals surface area contributed by atoms with Crippen molar-refractivity contribution in [2.24, 2.45) is 5.73 Å². The average molecular weight is 250 g/mol. The van der Waals surface area contributed by atoms with Crippen molar-refractivity contribution in [3.05, 3.63) is 0 Å². The standard InChI is InChI=1S/C10H22N2O3S/c1-5-16(14,15)7-6-12(8-9(11)13)10(2,3)4/h5-8H2,1-4H3,(H2,11,13). The molecule has 0 rings (SSSR count). The lowest BCUT2D eigenvalue weighted by atomic mass is 10.1. The van der Waals surface area contributed by atoms with Crippen LogP contribution in [0.25, 0.3) is 0 Å². The molecule has 1 amide bonds. The van der Waals surface area contributed by atoms with Crippen molar-refractivity contribution >= 4 is 15.7 Å². The lowest BCUT2D eigenvalue weighted by Crippen LogP contribution is -2.48. The van der Waals surface area contributed by atoms with Crippen molar-refractivity contribution in [1.29, 1.82) is 0 Å². The summed E-state index contributed by atoms with van der Waals surface area (Å²) in [5, 5.41) is 0. The van der Waals surface area contributed by atoms with Crippen LogP contribution in [0.2, 0.25) is 0 Å². The number of sulfone groups is 1. The van der Waals surface area contributed by atoms with Crippen LogP contribution in [0.5, 0.6) is 0 Å². The van der Waals surface area contributed by atoms with E-state index in [1.165, 1.54) is 0 Å². The highest BCUT2D eigenvalue weighted by Gasteiger charge is 2.24. The number of nitrogens with zero attached hydrogens (tertiary/aromatic N) is 1. The van der Waals surface area contributed by atoms with Gasteiger partial charge in [-0.1, -0.05) is 6.92 Å². The van der Waals surface area contributed by atoms with Crippen molar-refractivity contribution < 1.29 is 13.2 Å². The van der Waals surface area contributed by atoms with E-state index in [4.69, 9.17) is 5.73 Å². The molecule has 2 N–H and O–H groups in total. The molecule has 0 saturated carbocycles. The van der Waals surface area contributed by atoms with Gasteiger partial charge >= 0.3 is 0 Å². The maximum atomic E-state index is 11.4. The largest absolute Gasteiger partial charge is 0.369 e. The molecule has 6 heteroatoms. The number of primary amides is 1. The number of amides is 1. The monoisotopic (exact) mass is 250 g/mol. The minimum Gasteiger partial charge on any atom is -0.369 e. The van der Waals surface area contributed by atoms with Gasteiger partial charge in [0.2, 0.25) is 5.91 Å². The molecule has 0 heterocycles. The second kappa shape index (κ2) is 5.63. The van der Waals surface area contributed by atoms with E-state index in [-0.39, 0.29) is 23.6 Å². The molecule has 0 radical (unpaired) electrons. The fraction of sp³-hybridized carbons (Fsp3) is 0.900. The second-order valence-corrected chi connectivity index (χ2v) is 7.27. The molecule has 0 aromatic heterocycles. The summed E-state index contributed by atoms with van der Waals surface area (Å²) in [7, 11) is -3.00. The van der Waals surface area contributed by atoms with Crippen LogP contribution in [0.1, 0.15) is 27.7 Å². The van der Waals surface area contributed by atoms with Gasteiger partial charge < -0.3 is 5.73 Å². The summed E-state index contributed by atoms with van der Waals surface area (Å²) >= 11 is 0. The van der Waals surface area contributed by atoms with Crippen molar-refractivity contribution in [3.8, 4) is 0 Å². The molecule has 0 saturated heterocycles. The lowest BCUT2D eigenvalue weighted by molar-refractivity contribution is -0.120. The van der Waals surface area contributed by atoms with Gasteiger partial charge in [-0.3, -0.25) is 9.69 Å². The Morgan fingerprint density at radius 3 is 2.12 bits per heavy atom. The Hall–Kier alpha value is -0.620. The van der Waals surface area contributed by atoms with Crippen molar-refractivity contribution in [1.82, 2.24) is 4.90 Å². The molecule has 0 aliphatic rings. The van der Waals surface area contributed by atoms with Crippen LogP contribution in [0.15, 0.2) is 0 Å². The first-order chi connectivity index (χ1) is 7.08. The van der Waals surface area contributed by atoms with Crippen LogP contribution >= 0.6 is 0 Å². The van der Waals surface area contributed by atoms with Crippen molar-refractivity contribution in [3.63, 3.8) is 0 Å². The van der Waals surface area contributed by atoms with E-state index < -0.39 is 15.7 Å². The van der Waals surface area contributed by atoms with Crippen LogP contribution in [-0.2, 0) is 14.6 Å². The zero-order chi connectivity index (χ0) is 13.0. The highest BCUT2D eigenvalue weighted by Crippen LogP contribution is 2.12. The van der Waals surface area contributed by atoms with Gasteiger partial charge in [0.15, 0.2) is 9.84 Å². The third-order valence-electron chi connectivity index (χ3n) is 2.41. The minimum absolute atomic E-state index is 0.0635.